The summed E-state index contributed by atoms with van der Waals surface area (Å²) in [6.07, 6.45) is 1.56. The average molecular weight is 445 g/mol. The monoisotopic (exact) mass is 444 g/mol. The highest BCUT2D eigenvalue weighted by molar-refractivity contribution is 5.94. The molecule has 10 N–H and O–H groups in total. The third-order valence-corrected chi connectivity index (χ3v) is 4.42. The van der Waals surface area contributed by atoms with Crippen molar-refractivity contribution in [3.63, 3.8) is 0 Å². The molecule has 4 atom stereocenters. The molecular weight excluding hydrogens is 408 g/mol. The molecule has 0 spiro atoms. The topological polar surface area (TPSA) is 220 Å². The number of nitrogens with two attached hydrogens (primary N) is 3. The summed E-state index contributed by atoms with van der Waals surface area (Å²) in [6.45, 7) is 5.58. The third-order valence-electron chi connectivity index (χ3n) is 4.42. The molecule has 12 heteroatoms. The van der Waals surface area contributed by atoms with Gasteiger partial charge >= 0.3 is 5.97 Å². The van der Waals surface area contributed by atoms with Crippen LogP contribution in [0.25, 0.3) is 0 Å². The van der Waals surface area contributed by atoms with E-state index in [9.17, 15) is 24.0 Å². The molecule has 0 bridgehead atoms. The van der Waals surface area contributed by atoms with Gasteiger partial charge in [-0.05, 0) is 38.6 Å². The number of primary amides is 1. The lowest BCUT2D eigenvalue weighted by Crippen LogP contribution is -2.56. The van der Waals surface area contributed by atoms with Gasteiger partial charge in [0, 0.05) is 0 Å². The number of nitrogens with one attached hydrogen (secondary N) is 3. The van der Waals surface area contributed by atoms with Crippen LogP contribution in [0.5, 0.6) is 0 Å². The minimum absolute atomic E-state index is 0.0561. The highest BCUT2D eigenvalue weighted by Crippen LogP contribution is 2.07. The van der Waals surface area contributed by atoms with Gasteiger partial charge < -0.3 is 38.3 Å². The highest BCUT2D eigenvalue weighted by Gasteiger charge is 2.29. The lowest BCUT2D eigenvalue weighted by atomic mass is 10.0. The van der Waals surface area contributed by atoms with Gasteiger partial charge in [0.2, 0.25) is 23.6 Å². The van der Waals surface area contributed by atoms with E-state index in [0.29, 0.717) is 25.8 Å². The molecule has 0 aliphatic heterocycles. The van der Waals surface area contributed by atoms with E-state index in [1.165, 1.54) is 6.92 Å². The number of hydrogen-bond acceptors (Lipinski definition) is 7. The van der Waals surface area contributed by atoms with E-state index < -0.39 is 60.2 Å². The number of carboxylic acid groups (broad SMARTS) is 1. The van der Waals surface area contributed by atoms with Crippen LogP contribution in [-0.4, -0.2) is 65.4 Å². The molecular formula is C19H36N6O6. The van der Waals surface area contributed by atoms with Crippen LogP contribution >= 0.6 is 0 Å². The number of hydrogen-bond donors (Lipinski definition) is 7. The van der Waals surface area contributed by atoms with E-state index in [1.54, 1.807) is 0 Å². The summed E-state index contributed by atoms with van der Waals surface area (Å²) >= 11 is 0. The summed E-state index contributed by atoms with van der Waals surface area (Å²) in [5, 5.41) is 16.3. The average Bonchev–Trinajstić information content (AvgIpc) is 2.65. The zero-order chi connectivity index (χ0) is 24.1. The van der Waals surface area contributed by atoms with Crippen molar-refractivity contribution in [2.24, 2.45) is 23.1 Å². The Morgan fingerprint density at radius 2 is 1.45 bits per heavy atom. The fourth-order valence-electron chi connectivity index (χ4n) is 2.70. The summed E-state index contributed by atoms with van der Waals surface area (Å²) in [7, 11) is 0. The molecule has 31 heavy (non-hydrogen) atoms. The van der Waals surface area contributed by atoms with E-state index in [-0.39, 0.29) is 5.92 Å². The molecule has 4 amide bonds. The van der Waals surface area contributed by atoms with Crippen molar-refractivity contribution >= 4 is 29.6 Å². The maximum absolute atomic E-state index is 12.7. The lowest BCUT2D eigenvalue weighted by Gasteiger charge is -2.24. The van der Waals surface area contributed by atoms with Crippen LogP contribution in [0.1, 0.15) is 52.9 Å². The van der Waals surface area contributed by atoms with E-state index >= 15 is 0 Å². The number of aliphatic carboxylic acids is 1. The van der Waals surface area contributed by atoms with Crippen molar-refractivity contribution in [2.75, 3.05) is 6.54 Å². The van der Waals surface area contributed by atoms with E-state index in [4.69, 9.17) is 22.3 Å². The Kier molecular flexibility index (Phi) is 13.0. The summed E-state index contributed by atoms with van der Waals surface area (Å²) in [6, 6.07) is -4.35. The standard InChI is InChI=1S/C19H36N6O6/c1-10(2)8-13(24-17(28)12(21)6-4-5-7-20)18(29)23-11(3)16(27)25-14(19(30)31)9-15(22)26/h10-14H,4-9,20-21H2,1-3H3,(H2,22,26)(H,23,29)(H,24,28)(H,25,27)(H,30,31). The Bertz CT molecular complexity index is 641. The first-order valence-electron chi connectivity index (χ1n) is 10.3. The van der Waals surface area contributed by atoms with E-state index in [2.05, 4.69) is 16.0 Å². The van der Waals surface area contributed by atoms with Gasteiger partial charge in [0.05, 0.1) is 12.5 Å². The number of carbonyl (C=O) groups is 5. The Morgan fingerprint density at radius 3 is 1.94 bits per heavy atom. The van der Waals surface area contributed by atoms with Gasteiger partial charge in [-0.3, -0.25) is 19.2 Å². The lowest BCUT2D eigenvalue weighted by molar-refractivity contribution is -0.143. The Hall–Kier alpha value is -2.73. The van der Waals surface area contributed by atoms with Crippen molar-refractivity contribution in [3.05, 3.63) is 0 Å². The van der Waals surface area contributed by atoms with Crippen LogP contribution in [0.15, 0.2) is 0 Å². The molecule has 0 aromatic carbocycles. The zero-order valence-corrected chi connectivity index (χ0v) is 18.3. The molecule has 0 saturated heterocycles. The second kappa shape index (κ2) is 14.3. The molecule has 0 radical (unpaired) electrons. The number of amides is 4. The van der Waals surface area contributed by atoms with Crippen LogP contribution in [0.4, 0.5) is 0 Å². The van der Waals surface area contributed by atoms with Gasteiger partial charge in [-0.1, -0.05) is 20.3 Å². The van der Waals surface area contributed by atoms with Crippen molar-refractivity contribution in [1.82, 2.24) is 16.0 Å². The normalized spacial score (nSPS) is 14.8. The number of carbonyl (C=O) groups excluding carboxylic acids is 4. The second-order valence-electron chi connectivity index (χ2n) is 7.88. The zero-order valence-electron chi connectivity index (χ0n) is 18.3. The molecule has 0 aliphatic carbocycles. The van der Waals surface area contributed by atoms with Crippen LogP contribution in [-0.2, 0) is 24.0 Å². The molecule has 0 aromatic heterocycles. The number of carboxylic acids is 1. The van der Waals surface area contributed by atoms with Crippen LogP contribution < -0.4 is 33.2 Å². The smallest absolute Gasteiger partial charge is 0.326 e. The molecule has 0 heterocycles. The van der Waals surface area contributed by atoms with Crippen molar-refractivity contribution in [3.8, 4) is 0 Å². The third kappa shape index (κ3) is 11.9. The fraction of sp³-hybridized carbons (Fsp3) is 0.737. The first kappa shape index (κ1) is 28.3. The Labute approximate surface area is 182 Å². The minimum Gasteiger partial charge on any atom is -0.480 e. The highest BCUT2D eigenvalue weighted by atomic mass is 16.4. The van der Waals surface area contributed by atoms with Gasteiger partial charge in [0.1, 0.15) is 18.1 Å². The molecule has 0 aromatic rings. The summed E-state index contributed by atoms with van der Waals surface area (Å²) in [5.74, 6) is -4.18. The van der Waals surface area contributed by atoms with Crippen molar-refractivity contribution < 1.29 is 29.1 Å². The predicted octanol–water partition coefficient (Wildman–Crippen LogP) is -2.08. The van der Waals surface area contributed by atoms with Gasteiger partial charge in [-0.2, -0.15) is 0 Å². The summed E-state index contributed by atoms with van der Waals surface area (Å²) in [4.78, 5) is 59.3. The van der Waals surface area contributed by atoms with Gasteiger partial charge in [0.25, 0.3) is 0 Å². The van der Waals surface area contributed by atoms with E-state index in [1.807, 2.05) is 13.8 Å². The van der Waals surface area contributed by atoms with Gasteiger partial charge in [0.15, 0.2) is 0 Å². The van der Waals surface area contributed by atoms with Gasteiger partial charge in [-0.25, -0.2) is 4.79 Å². The maximum atomic E-state index is 12.7. The second-order valence-corrected chi connectivity index (χ2v) is 7.88. The largest absolute Gasteiger partial charge is 0.480 e. The van der Waals surface area contributed by atoms with Gasteiger partial charge in [-0.15, -0.1) is 0 Å². The molecule has 0 saturated carbocycles. The molecule has 12 nitrogen and oxygen atoms in total. The van der Waals surface area contributed by atoms with Crippen LogP contribution in [0, 0.1) is 5.92 Å². The number of rotatable bonds is 15. The molecule has 0 fully saturated rings. The predicted molar refractivity (Wildman–Crippen MR) is 113 cm³/mol. The SMILES string of the molecule is CC(C)CC(NC(=O)C(N)CCCCN)C(=O)NC(C)C(=O)NC(CC(N)=O)C(=O)O. The first-order chi connectivity index (χ1) is 14.4. The summed E-state index contributed by atoms with van der Waals surface area (Å²) in [5.41, 5.74) is 16.3. The maximum Gasteiger partial charge on any atom is 0.326 e. The summed E-state index contributed by atoms with van der Waals surface area (Å²) < 4.78 is 0. The molecule has 178 valence electrons. The molecule has 0 rings (SSSR count). The number of unbranched alkanes of at least 4 members (excludes halogenated alkanes) is 1. The van der Waals surface area contributed by atoms with E-state index in [0.717, 1.165) is 6.42 Å². The minimum atomic E-state index is -1.51. The molecule has 0 aliphatic rings. The quantitative estimate of drug-likeness (QED) is 0.139. The van der Waals surface area contributed by atoms with Crippen molar-refractivity contribution in [1.29, 1.82) is 0 Å². The molecule has 4 unspecified atom stereocenters. The van der Waals surface area contributed by atoms with Crippen LogP contribution in [0.3, 0.4) is 0 Å². The Balaban J connectivity index is 5.01. The van der Waals surface area contributed by atoms with Crippen molar-refractivity contribution in [2.45, 2.75) is 77.0 Å². The Morgan fingerprint density at radius 1 is 0.871 bits per heavy atom. The first-order valence-corrected chi connectivity index (χ1v) is 10.3. The fourth-order valence-corrected chi connectivity index (χ4v) is 2.70. The van der Waals surface area contributed by atoms with Crippen LogP contribution in [0.2, 0.25) is 0 Å².